The van der Waals surface area contributed by atoms with Crippen LogP contribution in [0.15, 0.2) is 36.4 Å². The summed E-state index contributed by atoms with van der Waals surface area (Å²) in [6.45, 7) is 1.63. The second-order valence-electron chi connectivity index (χ2n) is 4.45. The molecule has 0 aromatic heterocycles. The number of benzene rings is 2. The van der Waals surface area contributed by atoms with Gasteiger partial charge in [0, 0.05) is 23.4 Å². The second-order valence-corrected chi connectivity index (χ2v) is 4.45. The van der Waals surface area contributed by atoms with E-state index < -0.39 is 16.6 Å². The maximum atomic E-state index is 13.3. The van der Waals surface area contributed by atoms with Crippen molar-refractivity contribution in [1.29, 1.82) is 0 Å². The molecule has 0 bridgehead atoms. The van der Waals surface area contributed by atoms with Crippen LogP contribution >= 0.6 is 0 Å². The lowest BCUT2D eigenvalue weighted by Gasteiger charge is -2.08. The van der Waals surface area contributed by atoms with Gasteiger partial charge in [-0.3, -0.25) is 14.9 Å². The normalized spacial score (nSPS) is 10.2. The SMILES string of the molecule is Cc1cc([N+](=O)[O-])ccc1NC(=O)c1ccc(N)c(F)c1. The molecule has 108 valence electrons. The number of anilines is 2. The Morgan fingerprint density at radius 1 is 1.29 bits per heavy atom. The van der Waals surface area contributed by atoms with Gasteiger partial charge in [0.05, 0.1) is 10.6 Å². The number of nitrogens with two attached hydrogens (primary N) is 1. The summed E-state index contributed by atoms with van der Waals surface area (Å²) >= 11 is 0. The number of nitrogens with one attached hydrogen (secondary N) is 1. The third-order valence-electron chi connectivity index (χ3n) is 2.93. The standard InChI is InChI=1S/C14H12FN3O3/c1-8-6-10(18(20)21)3-5-13(8)17-14(19)9-2-4-12(16)11(15)7-9/h2-7H,16H2,1H3,(H,17,19). The average molecular weight is 289 g/mol. The summed E-state index contributed by atoms with van der Waals surface area (Å²) in [5, 5.41) is 13.2. The number of aryl methyl sites for hydroxylation is 1. The van der Waals surface area contributed by atoms with E-state index in [0.717, 1.165) is 6.07 Å². The van der Waals surface area contributed by atoms with Gasteiger partial charge in [-0.05, 0) is 36.8 Å². The van der Waals surface area contributed by atoms with Crippen molar-refractivity contribution in [3.8, 4) is 0 Å². The van der Waals surface area contributed by atoms with Crippen molar-refractivity contribution >= 4 is 23.0 Å². The molecule has 0 fully saturated rings. The Hall–Kier alpha value is -2.96. The number of nitro groups is 1. The molecule has 1 amide bonds. The average Bonchev–Trinajstić information content (AvgIpc) is 2.43. The summed E-state index contributed by atoms with van der Waals surface area (Å²) in [5.74, 6) is -1.20. The minimum absolute atomic E-state index is 0.0435. The van der Waals surface area contributed by atoms with Crippen LogP contribution in [0.25, 0.3) is 0 Å². The van der Waals surface area contributed by atoms with E-state index in [1.165, 1.54) is 30.3 Å². The smallest absolute Gasteiger partial charge is 0.269 e. The zero-order valence-electron chi connectivity index (χ0n) is 11.1. The van der Waals surface area contributed by atoms with Gasteiger partial charge in [0.25, 0.3) is 11.6 Å². The molecule has 21 heavy (non-hydrogen) atoms. The largest absolute Gasteiger partial charge is 0.396 e. The van der Waals surface area contributed by atoms with Gasteiger partial charge in [0.1, 0.15) is 5.82 Å². The highest BCUT2D eigenvalue weighted by molar-refractivity contribution is 6.04. The Morgan fingerprint density at radius 3 is 2.57 bits per heavy atom. The predicted molar refractivity (Wildman–Crippen MR) is 76.6 cm³/mol. The lowest BCUT2D eigenvalue weighted by molar-refractivity contribution is -0.384. The van der Waals surface area contributed by atoms with E-state index in [1.54, 1.807) is 6.92 Å². The van der Waals surface area contributed by atoms with Crippen LogP contribution in [-0.2, 0) is 0 Å². The van der Waals surface area contributed by atoms with Gasteiger partial charge in [-0.1, -0.05) is 0 Å². The number of hydrogen-bond acceptors (Lipinski definition) is 4. The molecule has 2 aromatic rings. The maximum Gasteiger partial charge on any atom is 0.269 e. The Morgan fingerprint density at radius 2 is 2.00 bits per heavy atom. The van der Waals surface area contributed by atoms with Crippen molar-refractivity contribution in [2.45, 2.75) is 6.92 Å². The molecule has 0 spiro atoms. The summed E-state index contributed by atoms with van der Waals surface area (Å²) in [7, 11) is 0. The van der Waals surface area contributed by atoms with Gasteiger partial charge < -0.3 is 11.1 Å². The molecule has 6 nitrogen and oxygen atoms in total. The number of non-ortho nitro benzene ring substituents is 1. The fraction of sp³-hybridized carbons (Fsp3) is 0.0714. The van der Waals surface area contributed by atoms with E-state index in [4.69, 9.17) is 5.73 Å². The molecule has 0 atom stereocenters. The van der Waals surface area contributed by atoms with Crippen LogP contribution in [0.3, 0.4) is 0 Å². The highest BCUT2D eigenvalue weighted by atomic mass is 19.1. The van der Waals surface area contributed by atoms with Gasteiger partial charge >= 0.3 is 0 Å². The topological polar surface area (TPSA) is 98.3 Å². The summed E-state index contributed by atoms with van der Waals surface area (Å²) in [6, 6.07) is 7.79. The fourth-order valence-corrected chi connectivity index (χ4v) is 1.76. The Balaban J connectivity index is 2.23. The Kier molecular flexibility index (Phi) is 3.84. The Labute approximate surface area is 119 Å². The number of nitrogens with zero attached hydrogens (tertiary/aromatic N) is 1. The van der Waals surface area contributed by atoms with Crippen LogP contribution in [0.5, 0.6) is 0 Å². The molecule has 2 aromatic carbocycles. The highest BCUT2D eigenvalue weighted by Gasteiger charge is 2.12. The van der Waals surface area contributed by atoms with Crippen LogP contribution in [0.2, 0.25) is 0 Å². The van der Waals surface area contributed by atoms with Crippen molar-refractivity contribution in [3.63, 3.8) is 0 Å². The van der Waals surface area contributed by atoms with Crippen LogP contribution in [0.4, 0.5) is 21.5 Å². The molecule has 0 aliphatic carbocycles. The molecule has 2 rings (SSSR count). The van der Waals surface area contributed by atoms with Crippen LogP contribution in [0.1, 0.15) is 15.9 Å². The van der Waals surface area contributed by atoms with Crippen LogP contribution in [0, 0.1) is 22.9 Å². The van der Waals surface area contributed by atoms with E-state index in [-0.39, 0.29) is 16.9 Å². The third kappa shape index (κ3) is 3.14. The first-order chi connectivity index (χ1) is 9.88. The van der Waals surface area contributed by atoms with Crippen LogP contribution in [-0.4, -0.2) is 10.8 Å². The minimum Gasteiger partial charge on any atom is -0.396 e. The summed E-state index contributed by atoms with van der Waals surface area (Å²) in [4.78, 5) is 22.1. The molecular weight excluding hydrogens is 277 g/mol. The first-order valence-corrected chi connectivity index (χ1v) is 6.00. The van der Waals surface area contributed by atoms with Crippen molar-refractivity contribution in [2.75, 3.05) is 11.1 Å². The highest BCUT2D eigenvalue weighted by Crippen LogP contribution is 2.22. The van der Waals surface area contributed by atoms with Crippen molar-refractivity contribution in [3.05, 3.63) is 63.5 Å². The zero-order valence-corrected chi connectivity index (χ0v) is 11.1. The van der Waals surface area contributed by atoms with Crippen molar-refractivity contribution in [1.82, 2.24) is 0 Å². The van der Waals surface area contributed by atoms with Gasteiger partial charge in [0.15, 0.2) is 0 Å². The molecule has 3 N–H and O–H groups in total. The quantitative estimate of drug-likeness (QED) is 0.515. The molecule has 0 aliphatic rings. The lowest BCUT2D eigenvalue weighted by Crippen LogP contribution is -2.13. The summed E-state index contributed by atoms with van der Waals surface area (Å²) in [6.07, 6.45) is 0. The monoisotopic (exact) mass is 289 g/mol. The number of nitrogen functional groups attached to an aromatic ring is 1. The molecular formula is C14H12FN3O3. The molecule has 0 heterocycles. The number of halogens is 1. The van der Waals surface area contributed by atoms with E-state index in [2.05, 4.69) is 5.32 Å². The first kappa shape index (κ1) is 14.4. The number of nitro benzene ring substituents is 1. The number of rotatable bonds is 3. The third-order valence-corrected chi connectivity index (χ3v) is 2.93. The maximum absolute atomic E-state index is 13.3. The van der Waals surface area contributed by atoms with E-state index >= 15 is 0 Å². The molecule has 0 saturated carbocycles. The first-order valence-electron chi connectivity index (χ1n) is 6.00. The van der Waals surface area contributed by atoms with Crippen LogP contribution < -0.4 is 11.1 Å². The second kappa shape index (κ2) is 5.58. The van der Waals surface area contributed by atoms with E-state index in [0.29, 0.717) is 11.3 Å². The molecule has 0 aliphatic heterocycles. The summed E-state index contributed by atoms with van der Waals surface area (Å²) < 4.78 is 13.3. The Bertz CT molecular complexity index is 731. The van der Waals surface area contributed by atoms with Crippen molar-refractivity contribution in [2.24, 2.45) is 0 Å². The molecule has 0 radical (unpaired) electrons. The number of hydrogen-bond donors (Lipinski definition) is 2. The fourth-order valence-electron chi connectivity index (χ4n) is 1.76. The van der Waals surface area contributed by atoms with Gasteiger partial charge in [-0.2, -0.15) is 0 Å². The summed E-state index contributed by atoms with van der Waals surface area (Å²) in [5.41, 5.74) is 6.30. The van der Waals surface area contributed by atoms with Gasteiger partial charge in [0.2, 0.25) is 0 Å². The predicted octanol–water partition coefficient (Wildman–Crippen LogP) is 2.88. The zero-order chi connectivity index (χ0) is 15.6. The van der Waals surface area contributed by atoms with Gasteiger partial charge in [-0.25, -0.2) is 4.39 Å². The molecule has 7 heteroatoms. The number of amides is 1. The lowest BCUT2D eigenvalue weighted by atomic mass is 10.1. The minimum atomic E-state index is -0.678. The molecule has 0 unspecified atom stereocenters. The number of carbonyl (C=O) groups is 1. The number of carbonyl (C=O) groups excluding carboxylic acids is 1. The van der Waals surface area contributed by atoms with E-state index in [1.807, 2.05) is 0 Å². The van der Waals surface area contributed by atoms with E-state index in [9.17, 15) is 19.3 Å². The van der Waals surface area contributed by atoms with Gasteiger partial charge in [-0.15, -0.1) is 0 Å². The molecule has 0 saturated heterocycles. The van der Waals surface area contributed by atoms with Crippen molar-refractivity contribution < 1.29 is 14.1 Å².